The Labute approximate surface area is 198 Å². The summed E-state index contributed by atoms with van der Waals surface area (Å²) in [7, 11) is 0. The van der Waals surface area contributed by atoms with Gasteiger partial charge >= 0.3 is 0 Å². The second kappa shape index (κ2) is 8.83. The third kappa shape index (κ3) is 3.80. The Balaban J connectivity index is 1.66. The molecule has 166 valence electrons. The summed E-state index contributed by atoms with van der Waals surface area (Å²) in [6.07, 6.45) is 1.16. The van der Waals surface area contributed by atoms with Crippen LogP contribution in [0.25, 0.3) is 5.76 Å². The highest BCUT2D eigenvalue weighted by atomic mass is 16.5. The second-order valence-corrected chi connectivity index (χ2v) is 8.21. The minimum absolute atomic E-state index is 0.0786. The maximum Gasteiger partial charge on any atom is 0.264 e. The fraction of sp³-hybridized carbons (Fsp3) is 0.0667. The zero-order valence-electron chi connectivity index (χ0n) is 18.7. The van der Waals surface area contributed by atoms with Gasteiger partial charge in [0.25, 0.3) is 5.90 Å². The predicted octanol–water partition coefficient (Wildman–Crippen LogP) is 6.52. The fourth-order valence-corrected chi connectivity index (χ4v) is 4.24. The van der Waals surface area contributed by atoms with Crippen LogP contribution in [-0.2, 0) is 15.1 Å². The van der Waals surface area contributed by atoms with E-state index < -0.39 is 11.4 Å². The van der Waals surface area contributed by atoms with Crippen molar-refractivity contribution < 1.29 is 14.6 Å². The first-order chi connectivity index (χ1) is 16.6. The number of nitrogens with zero attached hydrogens (tertiary/aromatic N) is 1. The van der Waals surface area contributed by atoms with Crippen molar-refractivity contribution in [1.82, 2.24) is 0 Å². The van der Waals surface area contributed by atoms with Gasteiger partial charge in [-0.05, 0) is 13.0 Å². The van der Waals surface area contributed by atoms with Gasteiger partial charge in [-0.15, -0.1) is 0 Å². The lowest BCUT2D eigenvalue weighted by Gasteiger charge is -2.39. The summed E-state index contributed by atoms with van der Waals surface area (Å²) >= 11 is 0. The molecule has 4 aromatic rings. The molecular weight excluding hydrogens is 422 g/mol. The molecule has 4 heteroatoms. The van der Waals surface area contributed by atoms with Gasteiger partial charge in [-0.1, -0.05) is 109 Å². The third-order valence-electron chi connectivity index (χ3n) is 5.94. The highest BCUT2D eigenvalue weighted by molar-refractivity contribution is 6.42. The highest BCUT2D eigenvalue weighted by Crippen LogP contribution is 2.47. The number of aryl methyl sites for hydroxylation is 1. The van der Waals surface area contributed by atoms with Gasteiger partial charge in [0.15, 0.2) is 5.60 Å². The molecule has 1 heterocycles. The van der Waals surface area contributed by atoms with E-state index in [-0.39, 0.29) is 11.7 Å². The number of fused-ring (bicyclic) bond motifs is 1. The van der Waals surface area contributed by atoms with Gasteiger partial charge in [0.05, 0.1) is 5.69 Å². The molecule has 1 aliphatic rings. The summed E-state index contributed by atoms with van der Waals surface area (Å²) in [6, 6.07) is 34.6. The van der Waals surface area contributed by atoms with Crippen LogP contribution < -0.4 is 0 Å². The molecule has 0 saturated heterocycles. The largest absolute Gasteiger partial charge is 0.507 e. The summed E-state index contributed by atoms with van der Waals surface area (Å²) in [6.45, 7) is 1.96. The molecule has 0 amide bonds. The Hall–Kier alpha value is -4.44. The number of aliphatic hydroxyl groups is 1. The number of rotatable bonds is 5. The Kier molecular flexibility index (Phi) is 5.56. The lowest BCUT2D eigenvalue weighted by Crippen LogP contribution is -2.39. The van der Waals surface area contributed by atoms with Crippen molar-refractivity contribution in [2.24, 2.45) is 4.99 Å². The van der Waals surface area contributed by atoms with Crippen LogP contribution in [0.3, 0.4) is 0 Å². The number of hydrogen-bond acceptors (Lipinski definition) is 4. The van der Waals surface area contributed by atoms with E-state index in [1.54, 1.807) is 12.1 Å². The molecule has 5 rings (SSSR count). The molecule has 0 spiro atoms. The van der Waals surface area contributed by atoms with Crippen molar-refractivity contribution in [3.63, 3.8) is 0 Å². The topological polar surface area (TPSA) is 58.9 Å². The van der Waals surface area contributed by atoms with Crippen molar-refractivity contribution >= 4 is 23.1 Å². The maximum absolute atomic E-state index is 13.3. The number of ether oxygens (including phenoxy) is 1. The van der Waals surface area contributed by atoms with Gasteiger partial charge in [0.2, 0.25) is 5.78 Å². The van der Waals surface area contributed by atoms with E-state index in [1.807, 2.05) is 104 Å². The molecule has 34 heavy (non-hydrogen) atoms. The third-order valence-corrected chi connectivity index (χ3v) is 5.94. The van der Waals surface area contributed by atoms with Crippen molar-refractivity contribution in [1.29, 1.82) is 0 Å². The zero-order valence-corrected chi connectivity index (χ0v) is 18.7. The molecule has 0 radical (unpaired) electrons. The van der Waals surface area contributed by atoms with Crippen LogP contribution in [-0.4, -0.2) is 16.8 Å². The van der Waals surface area contributed by atoms with Gasteiger partial charge in [-0.3, -0.25) is 4.79 Å². The molecule has 0 aromatic heterocycles. The van der Waals surface area contributed by atoms with Crippen LogP contribution in [0.1, 0.15) is 27.8 Å². The molecule has 0 bridgehead atoms. The number of ketones is 1. The first-order valence-electron chi connectivity index (χ1n) is 11.1. The number of carbonyl (C=O) groups is 1. The number of aliphatic hydroxyl groups excluding tert-OH is 1. The number of benzene rings is 4. The van der Waals surface area contributed by atoms with Crippen molar-refractivity contribution in [3.05, 3.63) is 143 Å². The zero-order chi connectivity index (χ0) is 23.5. The molecule has 0 fully saturated rings. The summed E-state index contributed by atoms with van der Waals surface area (Å²) < 4.78 is 6.54. The summed E-state index contributed by atoms with van der Waals surface area (Å²) in [4.78, 5) is 17.9. The highest BCUT2D eigenvalue weighted by Gasteiger charge is 2.44. The van der Waals surface area contributed by atoms with Gasteiger partial charge in [-0.2, -0.15) is 0 Å². The van der Waals surface area contributed by atoms with E-state index in [4.69, 9.17) is 4.74 Å². The van der Waals surface area contributed by atoms with Crippen molar-refractivity contribution in [3.8, 4) is 0 Å². The smallest absolute Gasteiger partial charge is 0.264 e. The minimum atomic E-state index is -1.07. The van der Waals surface area contributed by atoms with Crippen LogP contribution in [0.4, 0.5) is 5.69 Å². The van der Waals surface area contributed by atoms with Crippen LogP contribution in [0.15, 0.2) is 120 Å². The Morgan fingerprint density at radius 3 is 1.97 bits per heavy atom. The molecular formula is C30H23NO3. The van der Waals surface area contributed by atoms with E-state index in [0.717, 1.165) is 28.3 Å². The quantitative estimate of drug-likeness (QED) is 0.281. The average Bonchev–Trinajstić information content (AvgIpc) is 2.89. The van der Waals surface area contributed by atoms with Crippen LogP contribution in [0, 0.1) is 6.92 Å². The molecule has 0 saturated carbocycles. The van der Waals surface area contributed by atoms with Crippen LogP contribution >= 0.6 is 0 Å². The summed E-state index contributed by atoms with van der Waals surface area (Å²) in [5, 5.41) is 10.6. The maximum atomic E-state index is 13.3. The van der Waals surface area contributed by atoms with Crippen molar-refractivity contribution in [2.75, 3.05) is 0 Å². The lowest BCUT2D eigenvalue weighted by atomic mass is 9.78. The lowest BCUT2D eigenvalue weighted by molar-refractivity contribution is -0.111. The first-order valence-corrected chi connectivity index (χ1v) is 11.1. The van der Waals surface area contributed by atoms with Gasteiger partial charge in [-0.25, -0.2) is 4.99 Å². The normalized spacial score (nSPS) is 14.5. The van der Waals surface area contributed by atoms with E-state index in [2.05, 4.69) is 4.99 Å². The average molecular weight is 446 g/mol. The predicted molar refractivity (Wildman–Crippen MR) is 134 cm³/mol. The molecule has 4 nitrogen and oxygen atoms in total. The molecule has 1 N–H and O–H groups in total. The standard InChI is InChI=1S/C30H23NO3/c1-21-16-18-22(19-17-21)27(32)20-28(33)29-31-26-15-9-8-14-25(26)30(34-29,23-10-4-2-5-11-23)24-12-6-3-7-13-24/h2-20,32H,1H3/b27-20-. The van der Waals surface area contributed by atoms with E-state index >= 15 is 0 Å². The summed E-state index contributed by atoms with van der Waals surface area (Å²) in [5.74, 6) is -0.728. The van der Waals surface area contributed by atoms with E-state index in [0.29, 0.717) is 11.3 Å². The SMILES string of the molecule is Cc1ccc(/C(O)=C/C(=O)C2=Nc3ccccc3C(c3ccccc3)(c3ccccc3)O2)cc1. The van der Waals surface area contributed by atoms with E-state index in [1.165, 1.54) is 0 Å². The monoisotopic (exact) mass is 445 g/mol. The first kappa shape index (κ1) is 21.4. The Bertz CT molecular complexity index is 1350. The number of aliphatic imine (C=N–C) groups is 1. The van der Waals surface area contributed by atoms with Gasteiger partial charge < -0.3 is 9.84 Å². The van der Waals surface area contributed by atoms with Crippen molar-refractivity contribution in [2.45, 2.75) is 12.5 Å². The van der Waals surface area contributed by atoms with E-state index in [9.17, 15) is 9.90 Å². The molecule has 0 aliphatic carbocycles. The number of carbonyl (C=O) groups excluding carboxylic acids is 1. The molecule has 0 unspecified atom stereocenters. The van der Waals surface area contributed by atoms with Gasteiger partial charge in [0, 0.05) is 28.3 Å². The molecule has 4 aromatic carbocycles. The molecule has 0 atom stereocenters. The van der Waals surface area contributed by atoms with Crippen LogP contribution in [0.2, 0.25) is 0 Å². The molecule has 1 aliphatic heterocycles. The number of para-hydroxylation sites is 1. The number of hydrogen-bond donors (Lipinski definition) is 1. The fourth-order valence-electron chi connectivity index (χ4n) is 4.24. The van der Waals surface area contributed by atoms with Gasteiger partial charge in [0.1, 0.15) is 5.76 Å². The second-order valence-electron chi connectivity index (χ2n) is 8.21. The van der Waals surface area contributed by atoms with Crippen LogP contribution in [0.5, 0.6) is 0 Å². The Morgan fingerprint density at radius 1 is 0.794 bits per heavy atom. The summed E-state index contributed by atoms with van der Waals surface area (Å²) in [5.41, 5.74) is 3.78. The Morgan fingerprint density at radius 2 is 1.35 bits per heavy atom. The minimum Gasteiger partial charge on any atom is -0.507 e.